The van der Waals surface area contributed by atoms with E-state index in [4.69, 9.17) is 10.5 Å². The number of phenolic OH excluding ortho intramolecular Hbond substituents is 1. The molecule has 0 fully saturated rings. The topological polar surface area (TPSA) is 151 Å². The van der Waals surface area contributed by atoms with Gasteiger partial charge in [-0.15, -0.1) is 0 Å². The first kappa shape index (κ1) is 32.1. The first-order valence-electron chi connectivity index (χ1n) is 13.3. The van der Waals surface area contributed by atoms with Crippen molar-refractivity contribution in [3.05, 3.63) is 59.7 Å². The summed E-state index contributed by atoms with van der Waals surface area (Å²) in [6.45, 7) is 12.4. The lowest BCUT2D eigenvalue weighted by atomic mass is 9.91. The van der Waals surface area contributed by atoms with Gasteiger partial charge in [0.1, 0.15) is 23.4 Å². The molecular formula is C30H42N4O6. The van der Waals surface area contributed by atoms with Gasteiger partial charge in [-0.2, -0.15) is 0 Å². The van der Waals surface area contributed by atoms with Crippen molar-refractivity contribution in [3.8, 4) is 5.75 Å². The lowest BCUT2D eigenvalue weighted by Crippen LogP contribution is -2.59. The number of anilines is 1. The third kappa shape index (κ3) is 9.00. The molecule has 0 saturated carbocycles. The second kappa shape index (κ2) is 13.3. The summed E-state index contributed by atoms with van der Waals surface area (Å²) in [5, 5.41) is 15.4. The fourth-order valence-corrected chi connectivity index (χ4v) is 4.10. The molecule has 0 aromatic heterocycles. The number of phenols is 1. The van der Waals surface area contributed by atoms with Crippen molar-refractivity contribution in [2.45, 2.75) is 91.0 Å². The Labute approximate surface area is 236 Å². The number of hydrogen-bond acceptors (Lipinski definition) is 6. The predicted octanol–water partition coefficient (Wildman–Crippen LogP) is 4.56. The number of alkyl carbamates (subject to hydrolysis) is 1. The van der Waals surface area contributed by atoms with E-state index in [9.17, 15) is 24.3 Å². The molecule has 40 heavy (non-hydrogen) atoms. The number of benzene rings is 2. The average molecular weight is 555 g/mol. The van der Waals surface area contributed by atoms with Crippen LogP contribution in [0.15, 0.2) is 48.5 Å². The maximum Gasteiger partial charge on any atom is 0.408 e. The summed E-state index contributed by atoms with van der Waals surface area (Å²) in [6.07, 6.45) is -0.646. The number of hydrogen-bond donors (Lipinski definition) is 4. The van der Waals surface area contributed by atoms with E-state index in [0.29, 0.717) is 17.7 Å². The van der Waals surface area contributed by atoms with Crippen LogP contribution in [0.5, 0.6) is 5.75 Å². The zero-order valence-corrected chi connectivity index (χ0v) is 24.4. The number of nitrogens with two attached hydrogens (primary N) is 1. The number of nitrogens with one attached hydrogen (secondary N) is 2. The highest BCUT2D eigenvalue weighted by molar-refractivity contribution is 5.99. The summed E-state index contributed by atoms with van der Waals surface area (Å²) >= 11 is 0. The monoisotopic (exact) mass is 554 g/mol. The Morgan fingerprint density at radius 1 is 1.00 bits per heavy atom. The normalized spacial score (nSPS) is 13.1. The molecule has 0 aliphatic carbocycles. The molecule has 0 saturated heterocycles. The lowest BCUT2D eigenvalue weighted by Gasteiger charge is -2.44. The summed E-state index contributed by atoms with van der Waals surface area (Å²) < 4.78 is 5.37. The van der Waals surface area contributed by atoms with E-state index in [0.717, 1.165) is 5.56 Å². The highest BCUT2D eigenvalue weighted by atomic mass is 16.6. The largest absolute Gasteiger partial charge is 0.508 e. The van der Waals surface area contributed by atoms with Crippen LogP contribution in [0, 0.1) is 6.92 Å². The molecule has 2 unspecified atom stereocenters. The average Bonchev–Trinajstić information content (AvgIpc) is 2.85. The van der Waals surface area contributed by atoms with Gasteiger partial charge in [-0.25, -0.2) is 4.79 Å². The molecule has 4 amide bonds. The van der Waals surface area contributed by atoms with Crippen LogP contribution in [0.4, 0.5) is 10.5 Å². The van der Waals surface area contributed by atoms with E-state index in [-0.39, 0.29) is 18.6 Å². The number of aryl methyl sites for hydroxylation is 1. The molecule has 0 spiro atoms. The predicted molar refractivity (Wildman–Crippen MR) is 153 cm³/mol. The van der Waals surface area contributed by atoms with Gasteiger partial charge in [0, 0.05) is 17.6 Å². The van der Waals surface area contributed by atoms with E-state index >= 15 is 0 Å². The molecule has 0 aliphatic rings. The maximum atomic E-state index is 14.3. The van der Waals surface area contributed by atoms with Crippen molar-refractivity contribution in [1.29, 1.82) is 0 Å². The number of aromatic hydroxyl groups is 1. The van der Waals surface area contributed by atoms with Gasteiger partial charge in [0.2, 0.25) is 11.8 Å². The minimum atomic E-state index is -1.21. The van der Waals surface area contributed by atoms with Gasteiger partial charge in [-0.1, -0.05) is 37.3 Å². The van der Waals surface area contributed by atoms with Crippen molar-refractivity contribution in [2.75, 3.05) is 5.32 Å². The van der Waals surface area contributed by atoms with Crippen molar-refractivity contribution in [3.63, 3.8) is 0 Å². The molecule has 0 bridgehead atoms. The Balaban J connectivity index is 2.64. The fourth-order valence-electron chi connectivity index (χ4n) is 4.10. The fraction of sp³-hybridized carbons (Fsp3) is 0.467. The van der Waals surface area contributed by atoms with Crippen LogP contribution < -0.4 is 16.4 Å². The van der Waals surface area contributed by atoms with E-state index in [1.54, 1.807) is 45.0 Å². The highest BCUT2D eigenvalue weighted by Crippen LogP contribution is 2.34. The van der Waals surface area contributed by atoms with Gasteiger partial charge in [-0.05, 0) is 83.7 Å². The number of primary amides is 1. The molecule has 0 radical (unpaired) electrons. The molecular weight excluding hydrogens is 512 g/mol. The first-order valence-corrected chi connectivity index (χ1v) is 13.3. The molecule has 0 aliphatic heterocycles. The van der Waals surface area contributed by atoms with Gasteiger partial charge < -0.3 is 31.1 Å². The van der Waals surface area contributed by atoms with Crippen LogP contribution in [-0.4, -0.2) is 51.0 Å². The molecule has 5 N–H and O–H groups in total. The Morgan fingerprint density at radius 3 is 2.12 bits per heavy atom. The zero-order chi connectivity index (χ0) is 30.3. The molecule has 10 heteroatoms. The van der Waals surface area contributed by atoms with Gasteiger partial charge >= 0.3 is 6.09 Å². The summed E-state index contributed by atoms with van der Waals surface area (Å²) in [6, 6.07) is 10.9. The van der Waals surface area contributed by atoms with Crippen molar-refractivity contribution in [1.82, 2.24) is 10.2 Å². The van der Waals surface area contributed by atoms with Crippen molar-refractivity contribution in [2.24, 2.45) is 5.73 Å². The van der Waals surface area contributed by atoms with E-state index in [1.165, 1.54) is 17.0 Å². The number of ether oxygens (including phenoxy) is 1. The second-order valence-electron chi connectivity index (χ2n) is 11.4. The van der Waals surface area contributed by atoms with Gasteiger partial charge in [0.05, 0.1) is 0 Å². The molecule has 2 atom stereocenters. The molecule has 2 aromatic rings. The first-order chi connectivity index (χ1) is 18.6. The highest BCUT2D eigenvalue weighted by Gasteiger charge is 2.43. The van der Waals surface area contributed by atoms with Crippen LogP contribution in [0.3, 0.4) is 0 Å². The van der Waals surface area contributed by atoms with Crippen LogP contribution >= 0.6 is 0 Å². The summed E-state index contributed by atoms with van der Waals surface area (Å²) in [7, 11) is 0. The Morgan fingerprint density at radius 2 is 1.60 bits per heavy atom. The molecule has 2 rings (SSSR count). The summed E-state index contributed by atoms with van der Waals surface area (Å²) in [5.41, 5.74) is 5.53. The zero-order valence-electron chi connectivity index (χ0n) is 24.4. The SMILES string of the molecule is CCC(C)(C)N(C(=O)C(CCC(N)=O)NC(=O)OC(C)(C)C)C(C(=O)Nc1ccccc1C)c1ccc(O)cc1. The van der Waals surface area contributed by atoms with Gasteiger partial charge in [0.15, 0.2) is 0 Å². The van der Waals surface area contributed by atoms with Crippen LogP contribution in [0.1, 0.15) is 78.0 Å². The molecule has 2 aromatic carbocycles. The van der Waals surface area contributed by atoms with E-state index < -0.39 is 47.0 Å². The van der Waals surface area contributed by atoms with E-state index in [1.807, 2.05) is 39.8 Å². The van der Waals surface area contributed by atoms with Crippen LogP contribution in [0.25, 0.3) is 0 Å². The third-order valence-corrected chi connectivity index (χ3v) is 6.54. The van der Waals surface area contributed by atoms with Gasteiger partial charge in [0.25, 0.3) is 5.91 Å². The lowest BCUT2D eigenvalue weighted by molar-refractivity contribution is -0.148. The minimum absolute atomic E-state index is 0.000340. The smallest absolute Gasteiger partial charge is 0.408 e. The number of para-hydroxylation sites is 1. The molecule has 10 nitrogen and oxygen atoms in total. The minimum Gasteiger partial charge on any atom is -0.508 e. The molecule has 0 heterocycles. The standard InChI is InChI=1S/C30H42N4O6/c1-8-30(6,7)34(27(38)23(17-18-24(31)36)33-28(39)40-29(3,4)5)25(20-13-15-21(35)16-14-20)26(37)32-22-12-10-9-11-19(22)2/h9-16,23,25,35H,8,17-18H2,1-7H3,(H2,31,36)(H,32,37)(H,33,39). The number of carbonyl (C=O) groups is 4. The quantitative estimate of drug-likeness (QED) is 0.320. The number of carbonyl (C=O) groups excluding carboxylic acids is 4. The summed E-state index contributed by atoms with van der Waals surface area (Å²) in [5.74, 6) is -1.71. The Kier molecular flexibility index (Phi) is 10.7. The van der Waals surface area contributed by atoms with Crippen LogP contribution in [-0.2, 0) is 19.1 Å². The number of nitrogens with zero attached hydrogens (tertiary/aromatic N) is 1. The van der Waals surface area contributed by atoms with Crippen molar-refractivity contribution < 1.29 is 29.0 Å². The number of rotatable bonds is 11. The van der Waals surface area contributed by atoms with Gasteiger partial charge in [-0.3, -0.25) is 14.4 Å². The Bertz CT molecular complexity index is 1200. The number of amides is 4. The summed E-state index contributed by atoms with van der Waals surface area (Å²) in [4.78, 5) is 54.2. The van der Waals surface area contributed by atoms with E-state index in [2.05, 4.69) is 10.6 Å². The van der Waals surface area contributed by atoms with Crippen LogP contribution in [0.2, 0.25) is 0 Å². The second-order valence-corrected chi connectivity index (χ2v) is 11.4. The molecule has 218 valence electrons. The third-order valence-electron chi connectivity index (χ3n) is 6.54. The van der Waals surface area contributed by atoms with Crippen molar-refractivity contribution >= 4 is 29.5 Å². The maximum absolute atomic E-state index is 14.3. The Hall–Kier alpha value is -4.08.